The van der Waals surface area contributed by atoms with E-state index >= 15 is 0 Å². The van der Waals surface area contributed by atoms with Crippen LogP contribution in [0.1, 0.15) is 18.6 Å². The molecule has 1 aromatic heterocycles. The van der Waals surface area contributed by atoms with Crippen molar-refractivity contribution < 1.29 is 14.3 Å². The first-order chi connectivity index (χ1) is 11.8. The second-order valence-corrected chi connectivity index (χ2v) is 5.48. The van der Waals surface area contributed by atoms with Crippen molar-refractivity contribution in [3.05, 3.63) is 54.2 Å². The van der Waals surface area contributed by atoms with Gasteiger partial charge in [0.25, 0.3) is 6.47 Å². The zero-order valence-electron chi connectivity index (χ0n) is 13.9. The van der Waals surface area contributed by atoms with Crippen molar-refractivity contribution in [2.45, 2.75) is 13.0 Å². The summed E-state index contributed by atoms with van der Waals surface area (Å²) in [4.78, 5) is 14.0. The lowest BCUT2D eigenvalue weighted by Gasteiger charge is -2.13. The Morgan fingerprint density at radius 2 is 1.96 bits per heavy atom. The molecule has 0 aliphatic rings. The van der Waals surface area contributed by atoms with Crippen LogP contribution in [-0.4, -0.2) is 24.6 Å². The minimum atomic E-state index is -0.373. The standard InChI is InChI=1S/C19H20N2O3.ClH/c1-13(24-12-22)16-11-21-19-15(14-5-3-2-4-6-14)7-8-17(18(16)19)23-10-9-20;/h2-8,11-13,21H,9-10,20H2,1H3;1H. The number of nitrogens with two attached hydrogens (primary N) is 1. The van der Waals surface area contributed by atoms with E-state index in [0.717, 1.165) is 33.3 Å². The lowest BCUT2D eigenvalue weighted by atomic mass is 10.00. The van der Waals surface area contributed by atoms with Crippen LogP contribution < -0.4 is 10.5 Å². The predicted molar refractivity (Wildman–Crippen MR) is 101 cm³/mol. The quantitative estimate of drug-likeness (QED) is 0.628. The van der Waals surface area contributed by atoms with E-state index < -0.39 is 0 Å². The second-order valence-electron chi connectivity index (χ2n) is 5.48. The van der Waals surface area contributed by atoms with Crippen LogP contribution in [0.2, 0.25) is 0 Å². The molecule has 1 unspecified atom stereocenters. The zero-order valence-corrected chi connectivity index (χ0v) is 14.7. The number of rotatable bonds is 7. The van der Waals surface area contributed by atoms with Gasteiger partial charge in [-0.15, -0.1) is 12.4 Å². The molecule has 2 aromatic carbocycles. The number of carbonyl (C=O) groups excluding carboxylic acids is 1. The number of carbonyl (C=O) groups is 1. The molecule has 0 saturated carbocycles. The van der Waals surface area contributed by atoms with Crippen LogP contribution in [0.25, 0.3) is 22.0 Å². The van der Waals surface area contributed by atoms with Gasteiger partial charge in [-0.25, -0.2) is 0 Å². The number of hydrogen-bond acceptors (Lipinski definition) is 4. The van der Waals surface area contributed by atoms with Crippen molar-refractivity contribution >= 4 is 29.8 Å². The van der Waals surface area contributed by atoms with Gasteiger partial charge in [0.05, 0.1) is 5.52 Å². The highest BCUT2D eigenvalue weighted by Crippen LogP contribution is 2.38. The summed E-state index contributed by atoms with van der Waals surface area (Å²) in [5, 5.41) is 0.916. The third-order valence-corrected chi connectivity index (χ3v) is 3.99. The molecular formula is C19H21ClN2O3. The molecule has 0 bridgehead atoms. The number of aromatic nitrogens is 1. The molecular weight excluding hydrogens is 340 g/mol. The van der Waals surface area contributed by atoms with Crippen LogP contribution >= 0.6 is 12.4 Å². The molecule has 25 heavy (non-hydrogen) atoms. The average molecular weight is 361 g/mol. The first-order valence-electron chi connectivity index (χ1n) is 7.87. The summed E-state index contributed by atoms with van der Waals surface area (Å²) in [6.07, 6.45) is 1.49. The van der Waals surface area contributed by atoms with E-state index in [9.17, 15) is 4.79 Å². The summed E-state index contributed by atoms with van der Waals surface area (Å²) in [5.41, 5.74) is 9.55. The minimum absolute atomic E-state index is 0. The van der Waals surface area contributed by atoms with Gasteiger partial charge in [-0.1, -0.05) is 30.3 Å². The Labute approximate surface area is 152 Å². The van der Waals surface area contributed by atoms with E-state index in [-0.39, 0.29) is 18.5 Å². The Morgan fingerprint density at radius 1 is 1.20 bits per heavy atom. The van der Waals surface area contributed by atoms with Crippen LogP contribution in [-0.2, 0) is 9.53 Å². The molecule has 5 nitrogen and oxygen atoms in total. The highest BCUT2D eigenvalue weighted by Gasteiger charge is 2.19. The number of aromatic amines is 1. The molecule has 0 radical (unpaired) electrons. The van der Waals surface area contributed by atoms with Crippen molar-refractivity contribution in [3.63, 3.8) is 0 Å². The van der Waals surface area contributed by atoms with Crippen LogP contribution in [0.3, 0.4) is 0 Å². The van der Waals surface area contributed by atoms with Gasteiger partial charge in [0.2, 0.25) is 0 Å². The van der Waals surface area contributed by atoms with E-state index in [1.54, 1.807) is 0 Å². The number of hydrogen-bond donors (Lipinski definition) is 2. The number of halogens is 1. The summed E-state index contributed by atoms with van der Waals surface area (Å²) in [6, 6.07) is 14.1. The molecule has 0 aliphatic carbocycles. The van der Waals surface area contributed by atoms with Gasteiger partial charge >= 0.3 is 0 Å². The lowest BCUT2D eigenvalue weighted by molar-refractivity contribution is -0.133. The Kier molecular flexibility index (Phi) is 6.44. The highest BCUT2D eigenvalue weighted by molar-refractivity contribution is 6.00. The number of H-pyrrole nitrogens is 1. The normalized spacial score (nSPS) is 11.6. The second kappa shape index (κ2) is 8.55. The summed E-state index contributed by atoms with van der Waals surface area (Å²) in [6.45, 7) is 3.15. The van der Waals surface area contributed by atoms with Crippen molar-refractivity contribution in [3.8, 4) is 16.9 Å². The van der Waals surface area contributed by atoms with Crippen LogP contribution in [0.5, 0.6) is 5.75 Å². The molecule has 0 spiro atoms. The number of ether oxygens (including phenoxy) is 2. The molecule has 3 rings (SSSR count). The van der Waals surface area contributed by atoms with Crippen molar-refractivity contribution in [1.82, 2.24) is 4.98 Å². The summed E-state index contributed by atoms with van der Waals surface area (Å²) >= 11 is 0. The molecule has 132 valence electrons. The van der Waals surface area contributed by atoms with Crippen LogP contribution in [0.4, 0.5) is 0 Å². The van der Waals surface area contributed by atoms with E-state index in [1.165, 1.54) is 0 Å². The Balaban J connectivity index is 0.00000225. The fourth-order valence-electron chi connectivity index (χ4n) is 2.87. The third kappa shape index (κ3) is 3.78. The van der Waals surface area contributed by atoms with Gasteiger partial charge in [0, 0.05) is 29.3 Å². The molecule has 1 heterocycles. The summed E-state index contributed by atoms with van der Waals surface area (Å²) in [5.74, 6) is 0.729. The fourth-order valence-corrected chi connectivity index (χ4v) is 2.87. The maximum atomic E-state index is 10.7. The summed E-state index contributed by atoms with van der Waals surface area (Å²) in [7, 11) is 0. The topological polar surface area (TPSA) is 77.3 Å². The maximum absolute atomic E-state index is 10.7. The minimum Gasteiger partial charge on any atom is -0.492 e. The summed E-state index contributed by atoms with van der Waals surface area (Å²) < 4.78 is 10.9. The Morgan fingerprint density at radius 3 is 2.64 bits per heavy atom. The first-order valence-corrected chi connectivity index (χ1v) is 7.87. The Hall–Kier alpha value is -2.50. The lowest BCUT2D eigenvalue weighted by Crippen LogP contribution is -2.11. The molecule has 3 N–H and O–H groups in total. The van der Waals surface area contributed by atoms with Crippen LogP contribution in [0, 0.1) is 0 Å². The molecule has 0 amide bonds. The maximum Gasteiger partial charge on any atom is 0.293 e. The SMILES string of the molecule is CC(OC=O)c1c[nH]c2c(-c3ccccc3)ccc(OCCN)c12.Cl. The first kappa shape index (κ1) is 18.8. The van der Waals surface area contributed by atoms with E-state index in [0.29, 0.717) is 19.6 Å². The smallest absolute Gasteiger partial charge is 0.293 e. The predicted octanol–water partition coefficient (Wildman–Crippen LogP) is 3.83. The number of fused-ring (bicyclic) bond motifs is 1. The van der Waals surface area contributed by atoms with Gasteiger partial charge in [-0.3, -0.25) is 4.79 Å². The van der Waals surface area contributed by atoms with Gasteiger partial charge in [-0.05, 0) is 24.6 Å². The van der Waals surface area contributed by atoms with Crippen molar-refractivity contribution in [1.29, 1.82) is 0 Å². The van der Waals surface area contributed by atoms with Gasteiger partial charge < -0.3 is 20.2 Å². The highest BCUT2D eigenvalue weighted by atomic mass is 35.5. The van der Waals surface area contributed by atoms with E-state index in [2.05, 4.69) is 17.1 Å². The molecule has 0 saturated heterocycles. The third-order valence-electron chi connectivity index (χ3n) is 3.99. The number of nitrogens with one attached hydrogen (secondary N) is 1. The van der Waals surface area contributed by atoms with Crippen molar-refractivity contribution in [2.75, 3.05) is 13.2 Å². The zero-order chi connectivity index (χ0) is 16.9. The fraction of sp³-hybridized carbons (Fsp3) is 0.211. The molecule has 0 fully saturated rings. The van der Waals surface area contributed by atoms with Gasteiger partial charge in [0.1, 0.15) is 18.5 Å². The Bertz CT molecular complexity index is 833. The van der Waals surface area contributed by atoms with E-state index in [4.69, 9.17) is 15.2 Å². The van der Waals surface area contributed by atoms with Crippen LogP contribution in [0.15, 0.2) is 48.7 Å². The van der Waals surface area contributed by atoms with Gasteiger partial charge in [0.15, 0.2) is 0 Å². The molecule has 6 heteroatoms. The molecule has 1 atom stereocenters. The van der Waals surface area contributed by atoms with Crippen molar-refractivity contribution in [2.24, 2.45) is 5.73 Å². The molecule has 0 aliphatic heterocycles. The van der Waals surface area contributed by atoms with E-state index in [1.807, 2.05) is 43.5 Å². The molecule has 3 aromatic rings. The van der Waals surface area contributed by atoms with Gasteiger partial charge in [-0.2, -0.15) is 0 Å². The number of benzene rings is 2. The largest absolute Gasteiger partial charge is 0.492 e. The monoisotopic (exact) mass is 360 g/mol. The average Bonchev–Trinajstić information content (AvgIpc) is 3.06.